The first-order chi connectivity index (χ1) is 9.52. The molecule has 0 saturated heterocycles. The maximum Gasteiger partial charge on any atom is 0.271 e. The first kappa shape index (κ1) is 14.5. The average Bonchev–Trinajstić information content (AvgIpc) is 2.75. The summed E-state index contributed by atoms with van der Waals surface area (Å²) in [5.41, 5.74) is 7.34. The van der Waals surface area contributed by atoms with Gasteiger partial charge in [0.15, 0.2) is 5.82 Å². The largest absolute Gasteiger partial charge is 0.349 e. The second kappa shape index (κ2) is 6.02. The van der Waals surface area contributed by atoms with Crippen molar-refractivity contribution in [1.29, 1.82) is 0 Å². The van der Waals surface area contributed by atoms with Gasteiger partial charge in [0, 0.05) is 18.8 Å². The fourth-order valence-corrected chi connectivity index (χ4v) is 2.03. The highest BCUT2D eigenvalue weighted by molar-refractivity contribution is 6.33. The molecule has 1 amide bonds. The lowest BCUT2D eigenvalue weighted by Gasteiger charge is -2.08. The van der Waals surface area contributed by atoms with Gasteiger partial charge in [0.2, 0.25) is 0 Å². The number of hydrogen-bond acceptors (Lipinski definition) is 4. The van der Waals surface area contributed by atoms with Gasteiger partial charge in [-0.3, -0.25) is 4.79 Å². The summed E-state index contributed by atoms with van der Waals surface area (Å²) in [6.45, 7) is 4.56. The van der Waals surface area contributed by atoms with Crippen molar-refractivity contribution in [2.45, 2.75) is 13.8 Å². The van der Waals surface area contributed by atoms with E-state index in [0.29, 0.717) is 23.9 Å². The van der Waals surface area contributed by atoms with Crippen LogP contribution in [0.3, 0.4) is 0 Å². The Morgan fingerprint density at radius 2 is 2.20 bits per heavy atom. The molecule has 0 aliphatic carbocycles. The number of hydrogen-bond donors (Lipinski definition) is 2. The van der Waals surface area contributed by atoms with E-state index in [-0.39, 0.29) is 11.6 Å². The minimum absolute atomic E-state index is 0.171. The third-order valence-corrected chi connectivity index (χ3v) is 3.01. The Morgan fingerprint density at radius 1 is 1.45 bits per heavy atom. The van der Waals surface area contributed by atoms with Gasteiger partial charge in [-0.1, -0.05) is 11.6 Å². The summed E-state index contributed by atoms with van der Waals surface area (Å²) in [5.74, 6) is 0.210. The quantitative estimate of drug-likeness (QED) is 0.887. The average molecular weight is 294 g/mol. The minimum atomic E-state index is -0.344. The molecule has 0 aliphatic rings. The Bertz CT molecular complexity index is 638. The molecule has 20 heavy (non-hydrogen) atoms. The molecule has 2 rings (SSSR count). The number of amides is 1. The van der Waals surface area contributed by atoms with Gasteiger partial charge in [0.1, 0.15) is 5.69 Å². The number of nitrogens with two attached hydrogens (primary N) is 1. The van der Waals surface area contributed by atoms with Crippen molar-refractivity contribution in [3.8, 4) is 5.82 Å². The summed E-state index contributed by atoms with van der Waals surface area (Å²) >= 11 is 6.02. The second-order valence-corrected chi connectivity index (χ2v) is 4.79. The molecule has 0 radical (unpaired) electrons. The lowest BCUT2D eigenvalue weighted by molar-refractivity contribution is 0.0950. The van der Waals surface area contributed by atoms with E-state index in [1.807, 2.05) is 19.9 Å². The normalized spacial score (nSPS) is 10.6. The molecule has 0 bridgehead atoms. The van der Waals surface area contributed by atoms with Crippen LogP contribution in [0, 0.1) is 13.8 Å². The summed E-state index contributed by atoms with van der Waals surface area (Å²) in [4.78, 5) is 16.2. The van der Waals surface area contributed by atoms with Crippen LogP contribution >= 0.6 is 11.6 Å². The molecule has 6 nitrogen and oxygen atoms in total. The topological polar surface area (TPSA) is 85.8 Å². The predicted octanol–water partition coefficient (Wildman–Crippen LogP) is 1.23. The van der Waals surface area contributed by atoms with Crippen molar-refractivity contribution >= 4 is 17.5 Å². The van der Waals surface area contributed by atoms with Crippen LogP contribution in [0.1, 0.15) is 21.9 Å². The van der Waals surface area contributed by atoms with Crippen LogP contribution in [0.4, 0.5) is 0 Å². The SMILES string of the molecule is Cc1cc(C)n(-c2ccc(Cl)c(C(=O)NCCN)n2)n1. The number of halogens is 1. The van der Waals surface area contributed by atoms with Crippen LogP contribution in [-0.4, -0.2) is 33.8 Å². The molecular weight excluding hydrogens is 278 g/mol. The molecule has 0 aliphatic heterocycles. The van der Waals surface area contributed by atoms with Crippen LogP contribution in [0.15, 0.2) is 18.2 Å². The lowest BCUT2D eigenvalue weighted by atomic mass is 10.3. The number of nitrogens with one attached hydrogen (secondary N) is 1. The van der Waals surface area contributed by atoms with Crippen LogP contribution in [0.2, 0.25) is 5.02 Å². The Labute approximate surface area is 121 Å². The minimum Gasteiger partial charge on any atom is -0.349 e. The van der Waals surface area contributed by atoms with Gasteiger partial charge in [-0.05, 0) is 32.0 Å². The number of pyridine rings is 1. The van der Waals surface area contributed by atoms with E-state index in [2.05, 4.69) is 15.4 Å². The fourth-order valence-electron chi connectivity index (χ4n) is 1.84. The van der Waals surface area contributed by atoms with E-state index in [1.54, 1.807) is 16.8 Å². The Kier molecular flexibility index (Phi) is 4.36. The highest BCUT2D eigenvalue weighted by Crippen LogP contribution is 2.17. The van der Waals surface area contributed by atoms with Crippen molar-refractivity contribution in [2.24, 2.45) is 5.73 Å². The zero-order chi connectivity index (χ0) is 14.7. The summed E-state index contributed by atoms with van der Waals surface area (Å²) in [7, 11) is 0. The van der Waals surface area contributed by atoms with E-state index in [9.17, 15) is 4.79 Å². The molecular formula is C13H16ClN5O. The molecule has 0 fully saturated rings. The van der Waals surface area contributed by atoms with Gasteiger partial charge < -0.3 is 11.1 Å². The maximum atomic E-state index is 12.0. The molecule has 3 N–H and O–H groups in total. The van der Waals surface area contributed by atoms with Crippen molar-refractivity contribution in [3.63, 3.8) is 0 Å². The highest BCUT2D eigenvalue weighted by Gasteiger charge is 2.14. The number of nitrogens with zero attached hydrogens (tertiary/aromatic N) is 3. The summed E-state index contributed by atoms with van der Waals surface area (Å²) < 4.78 is 1.67. The molecule has 2 aromatic rings. The summed E-state index contributed by atoms with van der Waals surface area (Å²) in [5, 5.41) is 7.28. The van der Waals surface area contributed by atoms with Crippen LogP contribution in [-0.2, 0) is 0 Å². The van der Waals surface area contributed by atoms with Crippen molar-refractivity contribution in [2.75, 3.05) is 13.1 Å². The molecule has 0 unspecified atom stereocenters. The summed E-state index contributed by atoms with van der Waals surface area (Å²) in [6, 6.07) is 5.30. The van der Waals surface area contributed by atoms with Gasteiger partial charge >= 0.3 is 0 Å². The van der Waals surface area contributed by atoms with Gasteiger partial charge in [-0.2, -0.15) is 5.10 Å². The Morgan fingerprint density at radius 3 is 2.80 bits per heavy atom. The molecule has 0 aromatic carbocycles. The number of carbonyl (C=O) groups is 1. The number of carbonyl (C=O) groups excluding carboxylic acids is 1. The van der Waals surface area contributed by atoms with Crippen LogP contribution in [0.5, 0.6) is 0 Å². The molecule has 0 saturated carbocycles. The van der Waals surface area contributed by atoms with E-state index >= 15 is 0 Å². The van der Waals surface area contributed by atoms with Crippen LogP contribution < -0.4 is 11.1 Å². The predicted molar refractivity (Wildman–Crippen MR) is 77.2 cm³/mol. The number of rotatable bonds is 4. The second-order valence-electron chi connectivity index (χ2n) is 4.38. The Balaban J connectivity index is 2.38. The van der Waals surface area contributed by atoms with E-state index in [0.717, 1.165) is 11.4 Å². The molecule has 7 heteroatoms. The van der Waals surface area contributed by atoms with Gasteiger partial charge in [0.05, 0.1) is 10.7 Å². The zero-order valence-electron chi connectivity index (χ0n) is 11.4. The van der Waals surface area contributed by atoms with Gasteiger partial charge in [0.25, 0.3) is 5.91 Å². The number of aryl methyl sites for hydroxylation is 2. The van der Waals surface area contributed by atoms with Crippen molar-refractivity contribution in [1.82, 2.24) is 20.1 Å². The summed E-state index contributed by atoms with van der Waals surface area (Å²) in [6.07, 6.45) is 0. The zero-order valence-corrected chi connectivity index (χ0v) is 12.1. The lowest BCUT2D eigenvalue weighted by Crippen LogP contribution is -2.30. The monoisotopic (exact) mass is 293 g/mol. The van der Waals surface area contributed by atoms with E-state index < -0.39 is 0 Å². The highest BCUT2D eigenvalue weighted by atomic mass is 35.5. The molecule has 0 spiro atoms. The van der Waals surface area contributed by atoms with Gasteiger partial charge in [-0.15, -0.1) is 0 Å². The van der Waals surface area contributed by atoms with Crippen molar-refractivity contribution in [3.05, 3.63) is 40.3 Å². The third kappa shape index (κ3) is 2.97. The first-order valence-electron chi connectivity index (χ1n) is 6.21. The first-order valence-corrected chi connectivity index (χ1v) is 6.59. The smallest absolute Gasteiger partial charge is 0.271 e. The van der Waals surface area contributed by atoms with E-state index in [1.165, 1.54) is 0 Å². The third-order valence-electron chi connectivity index (χ3n) is 2.70. The van der Waals surface area contributed by atoms with E-state index in [4.69, 9.17) is 17.3 Å². The Hall–Kier alpha value is -1.92. The van der Waals surface area contributed by atoms with Crippen LogP contribution in [0.25, 0.3) is 5.82 Å². The number of aromatic nitrogens is 3. The van der Waals surface area contributed by atoms with Crippen molar-refractivity contribution < 1.29 is 4.79 Å². The maximum absolute atomic E-state index is 12.0. The standard InChI is InChI=1S/C13H16ClN5O/c1-8-7-9(2)19(18-8)11-4-3-10(14)12(17-11)13(20)16-6-5-15/h3-4,7H,5-6,15H2,1-2H3,(H,16,20). The molecule has 2 heterocycles. The molecule has 106 valence electrons. The van der Waals surface area contributed by atoms with Gasteiger partial charge in [-0.25, -0.2) is 9.67 Å². The molecule has 0 atom stereocenters. The molecule has 2 aromatic heterocycles. The fraction of sp³-hybridized carbons (Fsp3) is 0.308.